The lowest BCUT2D eigenvalue weighted by molar-refractivity contribution is -0.205. The van der Waals surface area contributed by atoms with Crippen molar-refractivity contribution in [2.45, 2.75) is 117 Å². The molecule has 0 spiro atoms. The average Bonchev–Trinajstić information content (AvgIpc) is 3.05. The molecule has 178 valence electrons. The number of nitrogens with zero attached hydrogens (tertiary/aromatic N) is 1. The van der Waals surface area contributed by atoms with Crippen LogP contribution < -0.4 is 0 Å². The quantitative estimate of drug-likeness (QED) is 0.366. The van der Waals surface area contributed by atoms with Gasteiger partial charge in [0.15, 0.2) is 0 Å². The second-order valence-electron chi connectivity index (χ2n) is 12.8. The van der Waals surface area contributed by atoms with E-state index in [2.05, 4.69) is 39.8 Å². The summed E-state index contributed by atoms with van der Waals surface area (Å²) in [6.07, 6.45) is 11.2. The molecule has 0 unspecified atom stereocenters. The Hall–Kier alpha value is -0.610. The van der Waals surface area contributed by atoms with Crippen LogP contribution in [0.4, 0.5) is 0 Å². The van der Waals surface area contributed by atoms with Gasteiger partial charge in [0.1, 0.15) is 5.60 Å². The number of oxime groups is 1. The summed E-state index contributed by atoms with van der Waals surface area (Å²) >= 11 is 0. The van der Waals surface area contributed by atoms with E-state index in [1.54, 1.807) is 0 Å². The topological polar surface area (TPSA) is 73.0 Å². The van der Waals surface area contributed by atoms with E-state index in [0.717, 1.165) is 37.0 Å². The predicted octanol–water partition coefficient (Wildman–Crippen LogP) is 6.02. The fourth-order valence-corrected chi connectivity index (χ4v) is 9.28. The number of rotatable bonds is 5. The SMILES string of the molecule is CC(C)CCC[C@@H](C)[C@H]1CC[C@H]2[C@@H]3[C@H](O)C[C@@]4(O)/C(=N/O)CCC[C@]4(C)[C@H]3CC[C@]12C. The Kier molecular flexibility index (Phi) is 6.31. The van der Waals surface area contributed by atoms with E-state index in [4.69, 9.17) is 0 Å². The lowest BCUT2D eigenvalue weighted by Gasteiger charge is -2.64. The zero-order valence-electron chi connectivity index (χ0n) is 20.6. The zero-order valence-corrected chi connectivity index (χ0v) is 20.6. The van der Waals surface area contributed by atoms with E-state index >= 15 is 0 Å². The molecule has 0 heterocycles. The van der Waals surface area contributed by atoms with Gasteiger partial charge in [0, 0.05) is 11.8 Å². The maximum absolute atomic E-state index is 11.8. The molecule has 4 rings (SSSR count). The fraction of sp³-hybridized carbons (Fsp3) is 0.963. The molecule has 4 aliphatic rings. The Balaban J connectivity index is 1.57. The lowest BCUT2D eigenvalue weighted by atomic mass is 9.42. The molecule has 4 aliphatic carbocycles. The van der Waals surface area contributed by atoms with Gasteiger partial charge in [0.2, 0.25) is 0 Å². The molecule has 0 aromatic heterocycles. The number of aliphatic hydroxyl groups excluding tert-OH is 1. The first-order valence-electron chi connectivity index (χ1n) is 13.2. The highest BCUT2D eigenvalue weighted by Gasteiger charge is 2.68. The Labute approximate surface area is 189 Å². The number of hydrogen-bond donors (Lipinski definition) is 3. The smallest absolute Gasteiger partial charge is 0.114 e. The van der Waals surface area contributed by atoms with Crippen molar-refractivity contribution in [1.29, 1.82) is 0 Å². The standard InChI is InChI=1S/C27H47NO3/c1-17(2)8-6-9-18(3)19-11-12-20-24-21(13-15-25(19,20)4)26(5)14-7-10-23(28-31)27(26,30)16-22(24)29/h17-22,24,29-31H,6-16H2,1-5H3/b28-23+/t18-,19-,20+,21+,22-,24+,25-,26-,27-/m1/s1. The van der Waals surface area contributed by atoms with Gasteiger partial charge in [-0.3, -0.25) is 0 Å². The Morgan fingerprint density at radius 1 is 1.03 bits per heavy atom. The van der Waals surface area contributed by atoms with Crippen LogP contribution in [0.5, 0.6) is 0 Å². The van der Waals surface area contributed by atoms with Crippen LogP contribution in [-0.2, 0) is 0 Å². The van der Waals surface area contributed by atoms with E-state index in [1.807, 2.05) is 0 Å². The molecule has 4 saturated carbocycles. The minimum atomic E-state index is -1.16. The van der Waals surface area contributed by atoms with E-state index in [1.165, 1.54) is 38.5 Å². The molecule has 0 aliphatic heterocycles. The van der Waals surface area contributed by atoms with Crippen molar-refractivity contribution >= 4 is 5.71 Å². The van der Waals surface area contributed by atoms with Gasteiger partial charge in [-0.1, -0.05) is 59.0 Å². The highest BCUT2D eigenvalue weighted by Crippen LogP contribution is 2.68. The van der Waals surface area contributed by atoms with Gasteiger partial charge in [-0.05, 0) is 85.9 Å². The van der Waals surface area contributed by atoms with Crippen LogP contribution in [0.15, 0.2) is 5.16 Å². The summed E-state index contributed by atoms with van der Waals surface area (Å²) in [4.78, 5) is 0. The van der Waals surface area contributed by atoms with Crippen LogP contribution in [0.25, 0.3) is 0 Å². The van der Waals surface area contributed by atoms with Gasteiger partial charge in [-0.2, -0.15) is 0 Å². The third-order valence-corrected chi connectivity index (χ3v) is 11.0. The van der Waals surface area contributed by atoms with Crippen molar-refractivity contribution in [3.63, 3.8) is 0 Å². The normalized spacial score (nSPS) is 49.5. The molecule has 0 saturated heterocycles. The van der Waals surface area contributed by atoms with Crippen LogP contribution in [0.1, 0.15) is 105 Å². The van der Waals surface area contributed by atoms with Crippen LogP contribution in [0, 0.1) is 46.3 Å². The average molecular weight is 434 g/mol. The largest absolute Gasteiger partial charge is 0.411 e. The van der Waals surface area contributed by atoms with Crippen molar-refractivity contribution in [2.24, 2.45) is 51.5 Å². The van der Waals surface area contributed by atoms with Gasteiger partial charge in [0.25, 0.3) is 0 Å². The van der Waals surface area contributed by atoms with E-state index < -0.39 is 11.7 Å². The van der Waals surface area contributed by atoms with E-state index in [-0.39, 0.29) is 11.3 Å². The minimum Gasteiger partial charge on any atom is -0.411 e. The maximum atomic E-state index is 11.8. The molecule has 3 N–H and O–H groups in total. The van der Waals surface area contributed by atoms with Gasteiger partial charge in [-0.15, -0.1) is 0 Å². The van der Waals surface area contributed by atoms with Gasteiger partial charge >= 0.3 is 0 Å². The van der Waals surface area contributed by atoms with Crippen LogP contribution in [-0.4, -0.2) is 32.8 Å². The number of aliphatic hydroxyl groups is 2. The van der Waals surface area contributed by atoms with E-state index in [9.17, 15) is 15.4 Å². The lowest BCUT2D eigenvalue weighted by Crippen LogP contribution is -2.68. The summed E-state index contributed by atoms with van der Waals surface area (Å²) in [5, 5.41) is 36.3. The molecular weight excluding hydrogens is 386 g/mol. The van der Waals surface area contributed by atoms with Crippen molar-refractivity contribution < 1.29 is 15.4 Å². The van der Waals surface area contributed by atoms with Crippen molar-refractivity contribution in [2.75, 3.05) is 0 Å². The molecule has 4 fully saturated rings. The maximum Gasteiger partial charge on any atom is 0.114 e. The highest BCUT2D eigenvalue weighted by atomic mass is 16.4. The summed E-state index contributed by atoms with van der Waals surface area (Å²) in [5.41, 5.74) is -0.626. The number of hydrogen-bond acceptors (Lipinski definition) is 4. The molecule has 0 amide bonds. The second kappa shape index (κ2) is 8.31. The van der Waals surface area contributed by atoms with Gasteiger partial charge < -0.3 is 15.4 Å². The first kappa shape index (κ1) is 23.5. The first-order valence-corrected chi connectivity index (χ1v) is 13.2. The monoisotopic (exact) mass is 433 g/mol. The summed E-state index contributed by atoms with van der Waals surface area (Å²) in [6, 6.07) is 0. The van der Waals surface area contributed by atoms with Crippen molar-refractivity contribution in [3.05, 3.63) is 0 Å². The third kappa shape index (κ3) is 3.50. The van der Waals surface area contributed by atoms with Gasteiger partial charge in [0.05, 0.1) is 11.8 Å². The number of fused-ring (bicyclic) bond motifs is 5. The van der Waals surface area contributed by atoms with E-state index in [0.29, 0.717) is 35.8 Å². The Bertz CT molecular complexity index is 692. The van der Waals surface area contributed by atoms with Crippen LogP contribution in [0.2, 0.25) is 0 Å². The molecule has 0 radical (unpaired) electrons. The van der Waals surface area contributed by atoms with Crippen molar-refractivity contribution in [1.82, 2.24) is 0 Å². The molecule has 0 bridgehead atoms. The minimum absolute atomic E-state index is 0.273. The Morgan fingerprint density at radius 2 is 1.77 bits per heavy atom. The highest BCUT2D eigenvalue weighted by molar-refractivity contribution is 5.93. The molecular formula is C27H47NO3. The molecule has 4 nitrogen and oxygen atoms in total. The Morgan fingerprint density at radius 3 is 2.45 bits per heavy atom. The summed E-state index contributed by atoms with van der Waals surface area (Å²) < 4.78 is 0. The fourth-order valence-electron chi connectivity index (χ4n) is 9.28. The molecule has 9 atom stereocenters. The third-order valence-electron chi connectivity index (χ3n) is 11.0. The zero-order chi connectivity index (χ0) is 22.6. The van der Waals surface area contributed by atoms with Crippen molar-refractivity contribution in [3.8, 4) is 0 Å². The summed E-state index contributed by atoms with van der Waals surface area (Å²) in [5.74, 6) is 3.43. The first-order chi connectivity index (χ1) is 14.6. The molecule has 0 aromatic carbocycles. The molecule has 4 heteroatoms. The molecule has 31 heavy (non-hydrogen) atoms. The summed E-state index contributed by atoms with van der Waals surface area (Å²) in [6.45, 7) is 11.9. The predicted molar refractivity (Wildman–Crippen MR) is 125 cm³/mol. The summed E-state index contributed by atoms with van der Waals surface area (Å²) in [7, 11) is 0. The van der Waals surface area contributed by atoms with Gasteiger partial charge in [-0.25, -0.2) is 0 Å². The second-order valence-corrected chi connectivity index (χ2v) is 12.8. The van der Waals surface area contributed by atoms with Crippen LogP contribution in [0.3, 0.4) is 0 Å². The molecule has 0 aromatic rings. The van der Waals surface area contributed by atoms with Crippen LogP contribution >= 0.6 is 0 Å².